The van der Waals surface area contributed by atoms with E-state index >= 15 is 0 Å². The summed E-state index contributed by atoms with van der Waals surface area (Å²) in [6.45, 7) is 2.75. The van der Waals surface area contributed by atoms with Gasteiger partial charge in [0, 0.05) is 12.1 Å². The largest absolute Gasteiger partial charge is 0.489 e. The van der Waals surface area contributed by atoms with E-state index in [0.29, 0.717) is 21.4 Å². The van der Waals surface area contributed by atoms with Crippen LogP contribution in [0, 0.1) is 5.82 Å². The molecule has 24 heavy (non-hydrogen) atoms. The summed E-state index contributed by atoms with van der Waals surface area (Å²) in [5, 5.41) is 7.76. The number of ether oxygens (including phenoxy) is 1. The predicted octanol–water partition coefficient (Wildman–Crippen LogP) is 3.88. The van der Waals surface area contributed by atoms with Crippen LogP contribution in [0.2, 0.25) is 5.02 Å². The van der Waals surface area contributed by atoms with Gasteiger partial charge in [-0.15, -0.1) is 0 Å². The molecule has 0 amide bonds. The van der Waals surface area contributed by atoms with E-state index in [0.717, 1.165) is 12.1 Å². The number of benzene rings is 2. The van der Waals surface area contributed by atoms with Crippen LogP contribution in [0.4, 0.5) is 4.39 Å². The summed E-state index contributed by atoms with van der Waals surface area (Å²) in [5.41, 5.74) is 3.92. The first-order valence-electron chi connectivity index (χ1n) is 7.32. The minimum Gasteiger partial charge on any atom is -0.489 e. The number of hydrazone groups is 1. The zero-order chi connectivity index (χ0) is 17.4. The van der Waals surface area contributed by atoms with Gasteiger partial charge in [-0.3, -0.25) is 5.43 Å². The molecule has 0 aromatic heterocycles. The standard InChI is InChI=1S/C17H17ClFN3OS/c1-2-20-17(24)22-21-10-12-6-8-13(9-7-12)23-11-14-15(18)4-3-5-16(14)19/h3-10H,2,11H2,1H3,(H2,20,22,24). The van der Waals surface area contributed by atoms with Crippen molar-refractivity contribution in [3.8, 4) is 5.75 Å². The van der Waals surface area contributed by atoms with Crippen molar-refractivity contribution >= 4 is 35.1 Å². The maximum absolute atomic E-state index is 13.7. The number of rotatable bonds is 6. The summed E-state index contributed by atoms with van der Waals surface area (Å²) in [6.07, 6.45) is 1.64. The number of halogens is 2. The molecule has 0 atom stereocenters. The van der Waals surface area contributed by atoms with Crippen molar-refractivity contribution in [2.24, 2.45) is 5.10 Å². The third-order valence-electron chi connectivity index (χ3n) is 3.04. The number of thiocarbonyl (C=S) groups is 1. The number of hydrogen-bond acceptors (Lipinski definition) is 3. The molecule has 0 unspecified atom stereocenters. The zero-order valence-corrected chi connectivity index (χ0v) is 14.6. The Kier molecular flexibility index (Phi) is 6.96. The van der Waals surface area contributed by atoms with E-state index in [9.17, 15) is 4.39 Å². The molecule has 2 rings (SSSR count). The summed E-state index contributed by atoms with van der Waals surface area (Å²) in [4.78, 5) is 0. The molecule has 2 N–H and O–H groups in total. The van der Waals surface area contributed by atoms with Crippen molar-refractivity contribution < 1.29 is 9.13 Å². The van der Waals surface area contributed by atoms with Gasteiger partial charge in [-0.25, -0.2) is 4.39 Å². The Balaban J connectivity index is 1.90. The summed E-state index contributed by atoms with van der Waals surface area (Å²) in [6, 6.07) is 11.8. The average molecular weight is 366 g/mol. The van der Waals surface area contributed by atoms with E-state index in [4.69, 9.17) is 28.6 Å². The molecule has 0 spiro atoms. The first-order valence-corrected chi connectivity index (χ1v) is 8.11. The molecule has 0 fully saturated rings. The Bertz CT molecular complexity index is 702. The van der Waals surface area contributed by atoms with Gasteiger partial charge in [-0.2, -0.15) is 5.10 Å². The normalized spacial score (nSPS) is 10.6. The van der Waals surface area contributed by atoms with Gasteiger partial charge in [-0.1, -0.05) is 17.7 Å². The molecule has 0 aliphatic rings. The van der Waals surface area contributed by atoms with E-state index in [1.54, 1.807) is 30.5 Å². The molecule has 0 aliphatic heterocycles. The van der Waals surface area contributed by atoms with Gasteiger partial charge < -0.3 is 10.1 Å². The lowest BCUT2D eigenvalue weighted by Crippen LogP contribution is -2.31. The van der Waals surface area contributed by atoms with Crippen molar-refractivity contribution in [2.45, 2.75) is 13.5 Å². The summed E-state index contributed by atoms with van der Waals surface area (Å²) in [5.74, 6) is 0.233. The predicted molar refractivity (Wildman–Crippen MR) is 99.2 cm³/mol. The van der Waals surface area contributed by atoms with Gasteiger partial charge >= 0.3 is 0 Å². The Morgan fingerprint density at radius 1 is 1.29 bits per heavy atom. The maximum Gasteiger partial charge on any atom is 0.186 e. The van der Waals surface area contributed by atoms with Crippen LogP contribution < -0.4 is 15.5 Å². The Morgan fingerprint density at radius 3 is 2.71 bits per heavy atom. The highest BCUT2D eigenvalue weighted by Gasteiger charge is 2.07. The Morgan fingerprint density at radius 2 is 2.04 bits per heavy atom. The van der Waals surface area contributed by atoms with E-state index < -0.39 is 0 Å². The molecule has 126 valence electrons. The first kappa shape index (κ1) is 18.2. The number of hydrogen-bond donors (Lipinski definition) is 2. The van der Waals surface area contributed by atoms with Crippen LogP contribution >= 0.6 is 23.8 Å². The smallest absolute Gasteiger partial charge is 0.186 e. The fraction of sp³-hybridized carbons (Fsp3) is 0.176. The van der Waals surface area contributed by atoms with Gasteiger partial charge in [0.15, 0.2) is 5.11 Å². The van der Waals surface area contributed by atoms with Crippen LogP contribution in [-0.4, -0.2) is 17.9 Å². The molecule has 0 saturated heterocycles. The highest BCUT2D eigenvalue weighted by molar-refractivity contribution is 7.80. The molecule has 0 heterocycles. The molecule has 0 radical (unpaired) electrons. The van der Waals surface area contributed by atoms with Crippen molar-refractivity contribution in [2.75, 3.05) is 6.54 Å². The second kappa shape index (κ2) is 9.20. The van der Waals surface area contributed by atoms with Crippen LogP contribution in [0.5, 0.6) is 5.75 Å². The summed E-state index contributed by atoms with van der Waals surface area (Å²) in [7, 11) is 0. The topological polar surface area (TPSA) is 45.7 Å². The molecule has 0 aliphatic carbocycles. The molecule has 0 bridgehead atoms. The molecule has 0 saturated carbocycles. The van der Waals surface area contributed by atoms with Crippen LogP contribution in [0.1, 0.15) is 18.1 Å². The lowest BCUT2D eigenvalue weighted by atomic mass is 10.2. The lowest BCUT2D eigenvalue weighted by molar-refractivity contribution is 0.300. The van der Waals surface area contributed by atoms with E-state index in [-0.39, 0.29) is 12.4 Å². The maximum atomic E-state index is 13.7. The third kappa shape index (κ3) is 5.47. The van der Waals surface area contributed by atoms with Crippen molar-refractivity contribution in [1.82, 2.24) is 10.7 Å². The lowest BCUT2D eigenvalue weighted by Gasteiger charge is -2.09. The number of nitrogens with zero attached hydrogens (tertiary/aromatic N) is 1. The molecular weight excluding hydrogens is 349 g/mol. The minimum atomic E-state index is -0.381. The van der Waals surface area contributed by atoms with E-state index in [1.165, 1.54) is 6.07 Å². The van der Waals surface area contributed by atoms with Crippen molar-refractivity contribution in [3.63, 3.8) is 0 Å². The minimum absolute atomic E-state index is 0.0669. The summed E-state index contributed by atoms with van der Waals surface area (Å²) < 4.78 is 19.2. The van der Waals surface area contributed by atoms with Crippen LogP contribution in [-0.2, 0) is 6.61 Å². The SMILES string of the molecule is CCNC(=S)NN=Cc1ccc(OCc2c(F)cccc2Cl)cc1. The van der Waals surface area contributed by atoms with Crippen LogP contribution in [0.15, 0.2) is 47.6 Å². The molecule has 7 heteroatoms. The van der Waals surface area contributed by atoms with Gasteiger partial charge in [0.05, 0.1) is 11.2 Å². The average Bonchev–Trinajstić information content (AvgIpc) is 2.56. The fourth-order valence-electron chi connectivity index (χ4n) is 1.84. The van der Waals surface area contributed by atoms with Gasteiger partial charge in [0.25, 0.3) is 0 Å². The van der Waals surface area contributed by atoms with Gasteiger partial charge in [-0.05, 0) is 61.1 Å². The molecule has 4 nitrogen and oxygen atoms in total. The highest BCUT2D eigenvalue weighted by Crippen LogP contribution is 2.21. The summed E-state index contributed by atoms with van der Waals surface area (Å²) >= 11 is 11.0. The first-order chi connectivity index (χ1) is 11.6. The number of nitrogens with one attached hydrogen (secondary N) is 2. The van der Waals surface area contributed by atoms with Crippen LogP contribution in [0.3, 0.4) is 0 Å². The highest BCUT2D eigenvalue weighted by atomic mass is 35.5. The molecule has 2 aromatic carbocycles. The third-order valence-corrected chi connectivity index (χ3v) is 3.63. The second-order valence-corrected chi connectivity index (χ2v) is 5.60. The van der Waals surface area contributed by atoms with E-state index in [2.05, 4.69) is 15.8 Å². The fourth-order valence-corrected chi connectivity index (χ4v) is 2.26. The molecular formula is C17H17ClFN3OS. The Labute approximate surface area is 150 Å². The second-order valence-electron chi connectivity index (χ2n) is 4.79. The van der Waals surface area contributed by atoms with Gasteiger partial charge in [0.1, 0.15) is 18.2 Å². The van der Waals surface area contributed by atoms with Crippen molar-refractivity contribution in [1.29, 1.82) is 0 Å². The Hall–Kier alpha value is -2.18. The monoisotopic (exact) mass is 365 g/mol. The van der Waals surface area contributed by atoms with Crippen LogP contribution in [0.25, 0.3) is 0 Å². The van der Waals surface area contributed by atoms with E-state index in [1.807, 2.05) is 19.1 Å². The quantitative estimate of drug-likeness (QED) is 0.463. The van der Waals surface area contributed by atoms with Crippen molar-refractivity contribution in [3.05, 3.63) is 64.4 Å². The molecule has 2 aromatic rings. The van der Waals surface area contributed by atoms with Gasteiger partial charge in [0.2, 0.25) is 0 Å². The zero-order valence-electron chi connectivity index (χ0n) is 13.1.